The predicted octanol–water partition coefficient (Wildman–Crippen LogP) is 2.19. The standard InChI is InChI=1S/C12H23NO/c1-10(8-13-12-4-5-12)9-14-7-6-11-2-3-11/h10-13H,2-9H2,1H3. The van der Waals surface area contributed by atoms with E-state index in [1.165, 1.54) is 32.1 Å². The van der Waals surface area contributed by atoms with E-state index in [-0.39, 0.29) is 0 Å². The van der Waals surface area contributed by atoms with Crippen molar-refractivity contribution in [2.24, 2.45) is 11.8 Å². The van der Waals surface area contributed by atoms with E-state index in [1.807, 2.05) is 0 Å². The summed E-state index contributed by atoms with van der Waals surface area (Å²) in [7, 11) is 0. The van der Waals surface area contributed by atoms with Crippen molar-refractivity contribution < 1.29 is 4.74 Å². The van der Waals surface area contributed by atoms with E-state index in [0.717, 1.165) is 31.7 Å². The molecule has 2 heteroatoms. The van der Waals surface area contributed by atoms with E-state index >= 15 is 0 Å². The molecule has 0 saturated heterocycles. The van der Waals surface area contributed by atoms with Gasteiger partial charge in [0.05, 0.1) is 6.61 Å². The first-order valence-electron chi connectivity index (χ1n) is 6.15. The Kier molecular flexibility index (Phi) is 3.82. The molecule has 0 aromatic heterocycles. The summed E-state index contributed by atoms with van der Waals surface area (Å²) in [4.78, 5) is 0. The van der Waals surface area contributed by atoms with Crippen molar-refractivity contribution >= 4 is 0 Å². The van der Waals surface area contributed by atoms with Crippen LogP contribution in [0.2, 0.25) is 0 Å². The van der Waals surface area contributed by atoms with Gasteiger partial charge in [-0.15, -0.1) is 0 Å². The van der Waals surface area contributed by atoms with Crippen LogP contribution in [0.25, 0.3) is 0 Å². The molecule has 0 aromatic carbocycles. The monoisotopic (exact) mass is 197 g/mol. The van der Waals surface area contributed by atoms with Gasteiger partial charge in [0, 0.05) is 19.2 Å². The topological polar surface area (TPSA) is 21.3 Å². The molecule has 1 N–H and O–H groups in total. The minimum atomic E-state index is 0.676. The maximum atomic E-state index is 5.66. The summed E-state index contributed by atoms with van der Waals surface area (Å²) in [5.41, 5.74) is 0. The lowest BCUT2D eigenvalue weighted by Crippen LogP contribution is -2.25. The lowest BCUT2D eigenvalue weighted by atomic mass is 10.2. The van der Waals surface area contributed by atoms with Crippen molar-refractivity contribution in [3.8, 4) is 0 Å². The smallest absolute Gasteiger partial charge is 0.0503 e. The lowest BCUT2D eigenvalue weighted by molar-refractivity contribution is 0.0993. The molecule has 2 nitrogen and oxygen atoms in total. The number of rotatable bonds is 8. The van der Waals surface area contributed by atoms with E-state index in [2.05, 4.69) is 12.2 Å². The summed E-state index contributed by atoms with van der Waals surface area (Å²) in [5.74, 6) is 1.68. The average molecular weight is 197 g/mol. The maximum absolute atomic E-state index is 5.66. The highest BCUT2D eigenvalue weighted by Crippen LogP contribution is 2.32. The maximum Gasteiger partial charge on any atom is 0.0503 e. The van der Waals surface area contributed by atoms with Crippen LogP contribution >= 0.6 is 0 Å². The molecule has 2 aliphatic carbocycles. The first kappa shape index (κ1) is 10.4. The number of hydrogen-bond acceptors (Lipinski definition) is 2. The van der Waals surface area contributed by atoms with E-state index in [9.17, 15) is 0 Å². The van der Waals surface area contributed by atoms with Crippen LogP contribution in [0, 0.1) is 11.8 Å². The van der Waals surface area contributed by atoms with Crippen molar-refractivity contribution in [1.82, 2.24) is 5.32 Å². The Hall–Kier alpha value is -0.0800. The molecule has 14 heavy (non-hydrogen) atoms. The molecule has 0 amide bonds. The summed E-state index contributed by atoms with van der Waals surface area (Å²) >= 11 is 0. The van der Waals surface area contributed by atoms with Crippen molar-refractivity contribution in [1.29, 1.82) is 0 Å². The molecule has 2 saturated carbocycles. The fourth-order valence-electron chi connectivity index (χ4n) is 1.66. The van der Waals surface area contributed by atoms with Crippen LogP contribution in [0.5, 0.6) is 0 Å². The molecular weight excluding hydrogens is 174 g/mol. The van der Waals surface area contributed by atoms with Gasteiger partial charge in [0.15, 0.2) is 0 Å². The molecule has 2 fully saturated rings. The second-order valence-electron chi connectivity index (χ2n) is 5.09. The van der Waals surface area contributed by atoms with Gasteiger partial charge in [-0.1, -0.05) is 19.8 Å². The number of nitrogens with one attached hydrogen (secondary N) is 1. The van der Waals surface area contributed by atoms with Crippen LogP contribution in [-0.4, -0.2) is 25.8 Å². The minimum absolute atomic E-state index is 0.676. The first-order chi connectivity index (χ1) is 6.84. The first-order valence-corrected chi connectivity index (χ1v) is 6.15. The molecule has 82 valence electrons. The third kappa shape index (κ3) is 4.43. The Morgan fingerprint density at radius 3 is 2.71 bits per heavy atom. The molecule has 0 radical (unpaired) electrons. The van der Waals surface area contributed by atoms with E-state index in [4.69, 9.17) is 4.74 Å². The third-order valence-corrected chi connectivity index (χ3v) is 3.10. The van der Waals surface area contributed by atoms with Crippen LogP contribution in [0.3, 0.4) is 0 Å². The molecule has 2 rings (SSSR count). The van der Waals surface area contributed by atoms with Gasteiger partial charge >= 0.3 is 0 Å². The highest BCUT2D eigenvalue weighted by atomic mass is 16.5. The molecule has 0 aliphatic heterocycles. The zero-order chi connectivity index (χ0) is 9.80. The summed E-state index contributed by atoms with van der Waals surface area (Å²) in [6.07, 6.45) is 6.96. The molecule has 0 aromatic rings. The second kappa shape index (κ2) is 5.13. The van der Waals surface area contributed by atoms with Gasteiger partial charge < -0.3 is 10.1 Å². The van der Waals surface area contributed by atoms with Crippen molar-refractivity contribution in [2.75, 3.05) is 19.8 Å². The molecular formula is C12H23NO. The quantitative estimate of drug-likeness (QED) is 0.602. The molecule has 1 atom stereocenters. The van der Waals surface area contributed by atoms with Crippen LogP contribution in [0.15, 0.2) is 0 Å². The Balaban J connectivity index is 1.38. The Bertz CT molecular complexity index is 164. The van der Waals surface area contributed by atoms with Gasteiger partial charge in [-0.25, -0.2) is 0 Å². The Labute approximate surface area is 87.4 Å². The van der Waals surface area contributed by atoms with Gasteiger partial charge in [-0.2, -0.15) is 0 Å². The predicted molar refractivity (Wildman–Crippen MR) is 58.3 cm³/mol. The van der Waals surface area contributed by atoms with Gasteiger partial charge in [0.1, 0.15) is 0 Å². The second-order valence-corrected chi connectivity index (χ2v) is 5.09. The van der Waals surface area contributed by atoms with Gasteiger partial charge in [-0.3, -0.25) is 0 Å². The normalized spacial score (nSPS) is 23.8. The van der Waals surface area contributed by atoms with Crippen molar-refractivity contribution in [3.63, 3.8) is 0 Å². The van der Waals surface area contributed by atoms with Crippen molar-refractivity contribution in [2.45, 2.75) is 45.1 Å². The summed E-state index contributed by atoms with van der Waals surface area (Å²) < 4.78 is 5.66. The molecule has 2 aliphatic rings. The lowest BCUT2D eigenvalue weighted by Gasteiger charge is -2.12. The number of hydrogen-bond donors (Lipinski definition) is 1. The Morgan fingerprint density at radius 1 is 1.29 bits per heavy atom. The van der Waals surface area contributed by atoms with E-state index in [1.54, 1.807) is 0 Å². The van der Waals surface area contributed by atoms with Gasteiger partial charge in [0.2, 0.25) is 0 Å². The molecule has 0 bridgehead atoms. The van der Waals surface area contributed by atoms with E-state index in [0.29, 0.717) is 5.92 Å². The average Bonchev–Trinajstić information content (AvgIpc) is 3.02. The molecule has 0 spiro atoms. The van der Waals surface area contributed by atoms with E-state index < -0.39 is 0 Å². The zero-order valence-corrected chi connectivity index (χ0v) is 9.30. The van der Waals surface area contributed by atoms with Crippen LogP contribution in [0.4, 0.5) is 0 Å². The highest BCUT2D eigenvalue weighted by molar-refractivity contribution is 4.81. The number of ether oxygens (including phenoxy) is 1. The molecule has 1 unspecified atom stereocenters. The fourth-order valence-corrected chi connectivity index (χ4v) is 1.66. The largest absolute Gasteiger partial charge is 0.381 e. The van der Waals surface area contributed by atoms with Gasteiger partial charge in [0.25, 0.3) is 0 Å². The van der Waals surface area contributed by atoms with Gasteiger partial charge in [-0.05, 0) is 31.1 Å². The third-order valence-electron chi connectivity index (χ3n) is 3.10. The minimum Gasteiger partial charge on any atom is -0.381 e. The zero-order valence-electron chi connectivity index (χ0n) is 9.30. The van der Waals surface area contributed by atoms with Crippen LogP contribution in [-0.2, 0) is 4.74 Å². The SMILES string of the molecule is CC(CNC1CC1)COCCC1CC1. The summed E-state index contributed by atoms with van der Waals surface area (Å²) in [5, 5.41) is 3.54. The highest BCUT2D eigenvalue weighted by Gasteiger charge is 2.21. The summed E-state index contributed by atoms with van der Waals surface area (Å²) in [6.45, 7) is 5.32. The van der Waals surface area contributed by atoms with Crippen LogP contribution < -0.4 is 5.32 Å². The molecule has 0 heterocycles. The Morgan fingerprint density at radius 2 is 2.07 bits per heavy atom. The fraction of sp³-hybridized carbons (Fsp3) is 1.00. The summed E-state index contributed by atoms with van der Waals surface area (Å²) in [6, 6.07) is 0.837. The van der Waals surface area contributed by atoms with Crippen LogP contribution in [0.1, 0.15) is 39.0 Å². The van der Waals surface area contributed by atoms with Crippen molar-refractivity contribution in [3.05, 3.63) is 0 Å².